The Morgan fingerprint density at radius 1 is 1.00 bits per heavy atom. The second-order valence-corrected chi connectivity index (χ2v) is 10.4. The van der Waals surface area contributed by atoms with Crippen molar-refractivity contribution in [1.82, 2.24) is 5.32 Å². The van der Waals surface area contributed by atoms with E-state index in [4.69, 9.17) is 14.2 Å². The molecule has 1 heterocycles. The van der Waals surface area contributed by atoms with Crippen LogP contribution in [0.2, 0.25) is 0 Å². The van der Waals surface area contributed by atoms with Crippen molar-refractivity contribution >= 4 is 17.9 Å². The average molecular weight is 550 g/mol. The number of ether oxygens (including phenoxy) is 3. The predicted octanol–water partition coefficient (Wildman–Crippen LogP) is 5.53. The Balaban J connectivity index is 1.46. The maximum atomic E-state index is 11.7. The number of alkyl carbamates (subject to hydrolysis) is 1. The molecule has 1 fully saturated rings. The summed E-state index contributed by atoms with van der Waals surface area (Å²) < 4.78 is 17.7. The van der Waals surface area contributed by atoms with E-state index in [1.165, 1.54) is 6.08 Å². The molecular weight excluding hydrogens is 514 g/mol. The van der Waals surface area contributed by atoms with Gasteiger partial charge < -0.3 is 29.7 Å². The summed E-state index contributed by atoms with van der Waals surface area (Å²) in [6.45, 7) is 4.22. The lowest BCUT2D eigenvalue weighted by molar-refractivity contribution is -0.245. The fourth-order valence-corrected chi connectivity index (χ4v) is 5.13. The highest BCUT2D eigenvalue weighted by molar-refractivity contribution is 7.99. The molecule has 1 amide bonds. The maximum Gasteiger partial charge on any atom is 0.407 e. The van der Waals surface area contributed by atoms with Crippen LogP contribution in [0.15, 0.2) is 85.5 Å². The van der Waals surface area contributed by atoms with Crippen LogP contribution in [0.3, 0.4) is 0 Å². The van der Waals surface area contributed by atoms with Crippen LogP contribution in [0.4, 0.5) is 4.79 Å². The molecule has 1 saturated heterocycles. The minimum Gasteiger partial charge on any atom is -0.445 e. The Labute approximate surface area is 233 Å². The standard InChI is InChI=1S/C31H35NO6S/c1-2-15-36-31(35)32-19-23-4-3-5-27(17-23)24-10-12-26(13-11-24)30-37-28(21-39-16-14-33)18-29(38-30)25-8-6-22(20-34)7-9-25/h2-13,17,28-30,33-34H,1,14-16,18-21H2,(H,32,35)/t28-,29+,30+/m1/s1. The number of aliphatic hydroxyl groups excluding tert-OH is 2. The van der Waals surface area contributed by atoms with E-state index in [9.17, 15) is 15.0 Å². The van der Waals surface area contributed by atoms with Crippen molar-refractivity contribution in [2.75, 3.05) is 24.7 Å². The van der Waals surface area contributed by atoms with Crippen molar-refractivity contribution in [3.8, 4) is 11.1 Å². The summed E-state index contributed by atoms with van der Waals surface area (Å²) in [5.41, 5.74) is 5.87. The number of rotatable bonds is 12. The second kappa shape index (κ2) is 14.9. The number of carbonyl (C=O) groups is 1. The van der Waals surface area contributed by atoms with Crippen LogP contribution in [-0.4, -0.2) is 47.1 Å². The fourth-order valence-electron chi connectivity index (χ4n) is 4.36. The van der Waals surface area contributed by atoms with Crippen LogP contribution in [0.25, 0.3) is 11.1 Å². The topological polar surface area (TPSA) is 97.3 Å². The highest BCUT2D eigenvalue weighted by Gasteiger charge is 2.32. The molecular formula is C31H35NO6S. The van der Waals surface area contributed by atoms with Crippen LogP contribution in [0, 0.1) is 0 Å². The van der Waals surface area contributed by atoms with Gasteiger partial charge >= 0.3 is 6.09 Å². The molecule has 39 heavy (non-hydrogen) atoms. The average Bonchev–Trinajstić information content (AvgIpc) is 2.99. The number of nitrogens with one attached hydrogen (secondary N) is 1. The molecule has 3 aromatic carbocycles. The molecule has 1 aliphatic heterocycles. The minimum atomic E-state index is -0.521. The Kier molecular flexibility index (Phi) is 11.0. The van der Waals surface area contributed by atoms with Crippen molar-refractivity contribution in [3.63, 3.8) is 0 Å². The third-order valence-corrected chi connectivity index (χ3v) is 7.45. The van der Waals surface area contributed by atoms with Crippen LogP contribution >= 0.6 is 11.8 Å². The van der Waals surface area contributed by atoms with E-state index in [1.807, 2.05) is 72.8 Å². The number of aliphatic hydroxyl groups is 2. The molecule has 0 aromatic heterocycles. The third kappa shape index (κ3) is 8.42. The summed E-state index contributed by atoms with van der Waals surface area (Å²) in [5, 5.41) is 21.3. The zero-order valence-electron chi connectivity index (χ0n) is 21.8. The van der Waals surface area contributed by atoms with Crippen molar-refractivity contribution in [3.05, 3.63) is 108 Å². The summed E-state index contributed by atoms with van der Waals surface area (Å²) in [4.78, 5) is 11.7. The first-order valence-electron chi connectivity index (χ1n) is 13.0. The Morgan fingerprint density at radius 3 is 2.49 bits per heavy atom. The van der Waals surface area contributed by atoms with Gasteiger partial charge in [-0.05, 0) is 33.9 Å². The number of amides is 1. The van der Waals surface area contributed by atoms with Gasteiger partial charge in [0.05, 0.1) is 25.4 Å². The molecule has 7 nitrogen and oxygen atoms in total. The monoisotopic (exact) mass is 549 g/mol. The van der Waals surface area contributed by atoms with Gasteiger partial charge in [-0.2, -0.15) is 11.8 Å². The van der Waals surface area contributed by atoms with Gasteiger partial charge in [-0.25, -0.2) is 4.79 Å². The van der Waals surface area contributed by atoms with Crippen LogP contribution in [0.1, 0.15) is 41.1 Å². The highest BCUT2D eigenvalue weighted by Crippen LogP contribution is 2.39. The van der Waals surface area contributed by atoms with Crippen LogP contribution < -0.4 is 5.32 Å². The van der Waals surface area contributed by atoms with Gasteiger partial charge in [0.25, 0.3) is 0 Å². The van der Waals surface area contributed by atoms with Gasteiger partial charge in [0.1, 0.15) is 6.61 Å². The Morgan fingerprint density at radius 2 is 1.77 bits per heavy atom. The van der Waals surface area contributed by atoms with Crippen molar-refractivity contribution in [2.24, 2.45) is 0 Å². The molecule has 0 bridgehead atoms. The molecule has 0 saturated carbocycles. The maximum absolute atomic E-state index is 11.7. The first-order chi connectivity index (χ1) is 19.1. The Hall–Kier alpha value is -3.14. The molecule has 1 aliphatic rings. The van der Waals surface area contributed by atoms with Crippen LogP contribution in [-0.2, 0) is 27.4 Å². The third-order valence-electron chi connectivity index (χ3n) is 6.37. The van der Waals surface area contributed by atoms with Gasteiger partial charge in [0, 0.05) is 30.0 Å². The quantitative estimate of drug-likeness (QED) is 0.202. The predicted molar refractivity (Wildman–Crippen MR) is 153 cm³/mol. The number of benzene rings is 3. The van der Waals surface area contributed by atoms with Crippen LogP contribution in [0.5, 0.6) is 0 Å². The van der Waals surface area contributed by atoms with Crippen molar-refractivity contribution in [2.45, 2.75) is 38.1 Å². The number of hydrogen-bond donors (Lipinski definition) is 3. The zero-order valence-corrected chi connectivity index (χ0v) is 22.6. The molecule has 0 spiro atoms. The first-order valence-corrected chi connectivity index (χ1v) is 14.1. The summed E-state index contributed by atoms with van der Waals surface area (Å²) in [6.07, 6.45) is 1.08. The minimum absolute atomic E-state index is 0.00596. The molecule has 4 rings (SSSR count). The van der Waals surface area contributed by atoms with Crippen molar-refractivity contribution in [1.29, 1.82) is 0 Å². The van der Waals surface area contributed by atoms with E-state index >= 15 is 0 Å². The summed E-state index contributed by atoms with van der Waals surface area (Å²) in [6, 6.07) is 24.0. The zero-order chi connectivity index (χ0) is 27.5. The summed E-state index contributed by atoms with van der Waals surface area (Å²) in [7, 11) is 0. The number of thioether (sulfide) groups is 1. The van der Waals surface area contributed by atoms with E-state index in [2.05, 4.69) is 11.9 Å². The molecule has 3 atom stereocenters. The fraction of sp³-hybridized carbons (Fsp3) is 0.323. The van der Waals surface area contributed by atoms with E-state index in [-0.39, 0.29) is 32.0 Å². The van der Waals surface area contributed by atoms with E-state index in [0.29, 0.717) is 18.7 Å². The van der Waals surface area contributed by atoms with Gasteiger partial charge in [0.2, 0.25) is 0 Å². The smallest absolute Gasteiger partial charge is 0.407 e. The largest absolute Gasteiger partial charge is 0.445 e. The number of hydrogen-bond acceptors (Lipinski definition) is 7. The highest BCUT2D eigenvalue weighted by atomic mass is 32.2. The SMILES string of the molecule is C=CCOC(=O)NCc1cccc(-c2ccc([C@H]3O[C@@H](CSCCO)C[C@@H](c4ccc(CO)cc4)O3)cc2)c1. The molecule has 3 aromatic rings. The van der Waals surface area contributed by atoms with Crippen molar-refractivity contribution < 1.29 is 29.2 Å². The normalized spacial score (nSPS) is 18.9. The van der Waals surface area contributed by atoms with E-state index in [0.717, 1.165) is 39.1 Å². The molecule has 206 valence electrons. The molecule has 0 radical (unpaired) electrons. The number of carbonyl (C=O) groups excluding carboxylic acids is 1. The lowest BCUT2D eigenvalue weighted by Crippen LogP contribution is -2.31. The summed E-state index contributed by atoms with van der Waals surface area (Å²) >= 11 is 1.67. The van der Waals surface area contributed by atoms with Gasteiger partial charge in [0.15, 0.2) is 6.29 Å². The van der Waals surface area contributed by atoms with Gasteiger partial charge in [-0.15, -0.1) is 0 Å². The molecule has 3 N–H and O–H groups in total. The molecule has 0 aliphatic carbocycles. The van der Waals surface area contributed by atoms with Gasteiger partial charge in [-0.1, -0.05) is 79.4 Å². The molecule has 8 heteroatoms. The lowest BCUT2D eigenvalue weighted by Gasteiger charge is -2.36. The van der Waals surface area contributed by atoms with E-state index in [1.54, 1.807) is 11.8 Å². The Bertz CT molecular complexity index is 1200. The molecule has 0 unspecified atom stereocenters. The summed E-state index contributed by atoms with van der Waals surface area (Å²) in [5.74, 6) is 1.44. The lowest BCUT2D eigenvalue weighted by atomic mass is 9.99. The second-order valence-electron chi connectivity index (χ2n) is 9.21. The van der Waals surface area contributed by atoms with E-state index < -0.39 is 12.4 Å². The van der Waals surface area contributed by atoms with Gasteiger partial charge in [-0.3, -0.25) is 0 Å². The first kappa shape index (κ1) is 28.9.